The quantitative estimate of drug-likeness (QED) is 0.542. The molecule has 1 aromatic rings. The summed E-state index contributed by atoms with van der Waals surface area (Å²) in [5, 5.41) is 8.70. The Labute approximate surface area is 88.6 Å². The fourth-order valence-corrected chi connectivity index (χ4v) is 1.55. The molecule has 0 fully saturated rings. The summed E-state index contributed by atoms with van der Waals surface area (Å²) in [6.07, 6.45) is 2.07. The third-order valence-corrected chi connectivity index (χ3v) is 2.41. The van der Waals surface area contributed by atoms with Crippen molar-refractivity contribution in [2.45, 2.75) is 13.5 Å². The van der Waals surface area contributed by atoms with Crippen LogP contribution in [-0.4, -0.2) is 18.7 Å². The highest BCUT2D eigenvalue weighted by Crippen LogP contribution is 2.34. The summed E-state index contributed by atoms with van der Waals surface area (Å²) in [5.74, 6) is 1.55. The maximum atomic E-state index is 8.70. The highest BCUT2D eigenvalue weighted by Gasteiger charge is 2.15. The third kappa shape index (κ3) is 1.82. The van der Waals surface area contributed by atoms with E-state index in [2.05, 4.69) is 6.19 Å². The molecule has 0 unspecified atom stereocenters. The summed E-state index contributed by atoms with van der Waals surface area (Å²) < 4.78 is 10.6. The van der Waals surface area contributed by atoms with Gasteiger partial charge in [0.05, 0.1) is 6.54 Å². The number of fused-ring (bicyclic) bond motifs is 1. The predicted molar refractivity (Wildman–Crippen MR) is 54.4 cm³/mol. The Morgan fingerprint density at radius 1 is 1.40 bits per heavy atom. The summed E-state index contributed by atoms with van der Waals surface area (Å²) in [6.45, 7) is 2.88. The van der Waals surface area contributed by atoms with Gasteiger partial charge in [-0.1, -0.05) is 0 Å². The monoisotopic (exact) mass is 204 g/mol. The molecule has 2 rings (SSSR count). The van der Waals surface area contributed by atoms with Crippen LogP contribution in [0.5, 0.6) is 11.5 Å². The Bertz CT molecular complexity index is 423. The fourth-order valence-electron chi connectivity index (χ4n) is 1.55. The van der Waals surface area contributed by atoms with Crippen LogP contribution in [-0.2, 0) is 6.54 Å². The van der Waals surface area contributed by atoms with Crippen LogP contribution >= 0.6 is 0 Å². The van der Waals surface area contributed by atoms with Gasteiger partial charge in [0.1, 0.15) is 0 Å². The van der Waals surface area contributed by atoms with Gasteiger partial charge in [-0.3, -0.25) is 0 Å². The molecule has 0 saturated carbocycles. The SMILES string of the molecule is Cc1cc2c(cc1CN(C)C#N)OCO2. The highest BCUT2D eigenvalue weighted by atomic mass is 16.7. The summed E-state index contributed by atoms with van der Waals surface area (Å²) in [5.41, 5.74) is 2.20. The summed E-state index contributed by atoms with van der Waals surface area (Å²) in [7, 11) is 1.75. The molecule has 4 nitrogen and oxygen atoms in total. The number of hydrogen-bond donors (Lipinski definition) is 0. The van der Waals surface area contributed by atoms with Crippen molar-refractivity contribution in [3.05, 3.63) is 23.3 Å². The van der Waals surface area contributed by atoms with Crippen LogP contribution in [0.3, 0.4) is 0 Å². The first-order chi connectivity index (χ1) is 7.20. The Balaban J connectivity index is 2.29. The zero-order chi connectivity index (χ0) is 10.8. The number of aryl methyl sites for hydroxylation is 1. The lowest BCUT2D eigenvalue weighted by molar-refractivity contribution is 0.174. The summed E-state index contributed by atoms with van der Waals surface area (Å²) in [6, 6.07) is 3.88. The van der Waals surface area contributed by atoms with Crippen molar-refractivity contribution in [3.63, 3.8) is 0 Å². The van der Waals surface area contributed by atoms with E-state index in [-0.39, 0.29) is 6.79 Å². The lowest BCUT2D eigenvalue weighted by atomic mass is 10.1. The first-order valence-electron chi connectivity index (χ1n) is 4.70. The third-order valence-electron chi connectivity index (χ3n) is 2.41. The van der Waals surface area contributed by atoms with Gasteiger partial charge in [-0.2, -0.15) is 5.26 Å². The molecule has 0 aromatic heterocycles. The average Bonchev–Trinajstić information content (AvgIpc) is 2.65. The van der Waals surface area contributed by atoms with Crippen LogP contribution in [0, 0.1) is 18.4 Å². The Morgan fingerprint density at radius 3 is 2.73 bits per heavy atom. The second-order valence-corrected chi connectivity index (χ2v) is 3.59. The van der Waals surface area contributed by atoms with Crippen molar-refractivity contribution in [1.29, 1.82) is 5.26 Å². The molecule has 0 aliphatic carbocycles. The van der Waals surface area contributed by atoms with E-state index in [0.29, 0.717) is 6.54 Å². The van der Waals surface area contributed by atoms with Crippen LogP contribution in [0.25, 0.3) is 0 Å². The van der Waals surface area contributed by atoms with E-state index in [4.69, 9.17) is 14.7 Å². The molecular weight excluding hydrogens is 192 g/mol. The van der Waals surface area contributed by atoms with Crippen LogP contribution < -0.4 is 9.47 Å². The predicted octanol–water partition coefficient (Wildman–Crippen LogP) is 1.64. The smallest absolute Gasteiger partial charge is 0.231 e. The molecule has 1 heterocycles. The Kier molecular flexibility index (Phi) is 2.38. The largest absolute Gasteiger partial charge is 0.454 e. The van der Waals surface area contributed by atoms with Gasteiger partial charge >= 0.3 is 0 Å². The molecule has 0 N–H and O–H groups in total. The number of nitrogens with zero attached hydrogens (tertiary/aromatic N) is 2. The van der Waals surface area contributed by atoms with Gasteiger partial charge in [-0.05, 0) is 30.2 Å². The lowest BCUT2D eigenvalue weighted by Crippen LogP contribution is -2.11. The maximum Gasteiger partial charge on any atom is 0.231 e. The molecule has 0 bridgehead atoms. The number of benzene rings is 1. The molecule has 0 radical (unpaired) electrons. The zero-order valence-corrected chi connectivity index (χ0v) is 8.78. The molecule has 4 heteroatoms. The van der Waals surface area contributed by atoms with E-state index in [0.717, 1.165) is 22.6 Å². The average molecular weight is 204 g/mol. The number of nitriles is 1. The van der Waals surface area contributed by atoms with Gasteiger partial charge in [-0.15, -0.1) is 0 Å². The molecule has 0 atom stereocenters. The number of rotatable bonds is 2. The molecule has 1 aliphatic heterocycles. The lowest BCUT2D eigenvalue weighted by Gasteiger charge is -2.11. The minimum atomic E-state index is 0.284. The first-order valence-corrected chi connectivity index (χ1v) is 4.70. The Morgan fingerprint density at radius 2 is 2.07 bits per heavy atom. The fraction of sp³-hybridized carbons (Fsp3) is 0.364. The molecule has 1 aromatic carbocycles. The molecule has 1 aliphatic rings. The minimum absolute atomic E-state index is 0.284. The van der Waals surface area contributed by atoms with Crippen LogP contribution in [0.2, 0.25) is 0 Å². The summed E-state index contributed by atoms with van der Waals surface area (Å²) in [4.78, 5) is 1.57. The van der Waals surface area contributed by atoms with Crippen molar-refractivity contribution in [2.24, 2.45) is 0 Å². The van der Waals surface area contributed by atoms with E-state index in [1.54, 1.807) is 11.9 Å². The van der Waals surface area contributed by atoms with Crippen molar-refractivity contribution < 1.29 is 9.47 Å². The van der Waals surface area contributed by atoms with Gasteiger partial charge in [0.25, 0.3) is 0 Å². The Hall–Kier alpha value is -1.89. The standard InChI is InChI=1S/C11H12N2O2/c1-8-3-10-11(15-7-14-10)4-9(8)5-13(2)6-12/h3-4H,5,7H2,1-2H3. The number of hydrogen-bond acceptors (Lipinski definition) is 4. The molecule has 0 spiro atoms. The van der Waals surface area contributed by atoms with Crippen molar-refractivity contribution in [1.82, 2.24) is 4.90 Å². The van der Waals surface area contributed by atoms with Crippen molar-refractivity contribution >= 4 is 0 Å². The maximum absolute atomic E-state index is 8.70. The molecule has 15 heavy (non-hydrogen) atoms. The second-order valence-electron chi connectivity index (χ2n) is 3.59. The van der Waals surface area contributed by atoms with Crippen LogP contribution in [0.4, 0.5) is 0 Å². The molecular formula is C11H12N2O2. The van der Waals surface area contributed by atoms with E-state index in [9.17, 15) is 0 Å². The topological polar surface area (TPSA) is 45.5 Å². The van der Waals surface area contributed by atoms with Gasteiger partial charge in [-0.25, -0.2) is 0 Å². The van der Waals surface area contributed by atoms with E-state index in [1.807, 2.05) is 19.1 Å². The normalized spacial score (nSPS) is 12.3. The van der Waals surface area contributed by atoms with Crippen molar-refractivity contribution in [2.75, 3.05) is 13.8 Å². The highest BCUT2D eigenvalue weighted by molar-refractivity contribution is 5.48. The zero-order valence-electron chi connectivity index (χ0n) is 8.78. The van der Waals surface area contributed by atoms with Crippen molar-refractivity contribution in [3.8, 4) is 17.7 Å². The van der Waals surface area contributed by atoms with Gasteiger partial charge < -0.3 is 14.4 Å². The van der Waals surface area contributed by atoms with Gasteiger partial charge in [0, 0.05) is 7.05 Å². The van der Waals surface area contributed by atoms with Crippen LogP contribution in [0.15, 0.2) is 12.1 Å². The van der Waals surface area contributed by atoms with E-state index >= 15 is 0 Å². The van der Waals surface area contributed by atoms with Crippen LogP contribution in [0.1, 0.15) is 11.1 Å². The second kappa shape index (κ2) is 3.70. The first kappa shape index (κ1) is 9.66. The number of ether oxygens (including phenoxy) is 2. The summed E-state index contributed by atoms with van der Waals surface area (Å²) >= 11 is 0. The minimum Gasteiger partial charge on any atom is -0.454 e. The molecule has 0 saturated heterocycles. The van der Waals surface area contributed by atoms with Gasteiger partial charge in [0.2, 0.25) is 6.79 Å². The van der Waals surface area contributed by atoms with Gasteiger partial charge in [0.15, 0.2) is 17.7 Å². The molecule has 0 amide bonds. The van der Waals surface area contributed by atoms with E-state index < -0.39 is 0 Å². The van der Waals surface area contributed by atoms with E-state index in [1.165, 1.54) is 0 Å². The molecule has 78 valence electrons.